The summed E-state index contributed by atoms with van der Waals surface area (Å²) in [6.45, 7) is 11.4. The second-order valence-electron chi connectivity index (χ2n) is 9.79. The van der Waals surface area contributed by atoms with Gasteiger partial charge in [0.25, 0.3) is 5.56 Å². The first-order valence-electron chi connectivity index (χ1n) is 12.8. The van der Waals surface area contributed by atoms with Crippen molar-refractivity contribution in [2.24, 2.45) is 5.92 Å². The summed E-state index contributed by atoms with van der Waals surface area (Å²) < 4.78 is 1.79. The van der Waals surface area contributed by atoms with Crippen LogP contribution in [0.25, 0.3) is 11.0 Å². The van der Waals surface area contributed by atoms with Gasteiger partial charge in [0.1, 0.15) is 0 Å². The normalized spacial score (nSPS) is 18.8. The van der Waals surface area contributed by atoms with Gasteiger partial charge in [0.05, 0.1) is 17.0 Å². The maximum atomic E-state index is 13.5. The van der Waals surface area contributed by atoms with Crippen molar-refractivity contribution in [3.8, 4) is 0 Å². The van der Waals surface area contributed by atoms with Crippen molar-refractivity contribution in [2.75, 3.05) is 49.1 Å². The zero-order valence-corrected chi connectivity index (χ0v) is 21.0. The first-order chi connectivity index (χ1) is 17.0. The van der Waals surface area contributed by atoms with E-state index in [0.717, 1.165) is 56.6 Å². The van der Waals surface area contributed by atoms with E-state index in [1.807, 2.05) is 41.0 Å². The highest BCUT2D eigenvalue weighted by Gasteiger charge is 2.33. The molecule has 1 atom stereocenters. The maximum absolute atomic E-state index is 13.5. The van der Waals surface area contributed by atoms with Crippen LogP contribution in [-0.2, 0) is 11.3 Å². The van der Waals surface area contributed by atoms with Crippen LogP contribution in [0.3, 0.4) is 0 Å². The fourth-order valence-electron chi connectivity index (χ4n) is 5.57. The first kappa shape index (κ1) is 23.4. The fraction of sp³-hybridized carbons (Fsp3) is 0.464. The standard InChI is InChI=1S/C28H35N5O2/c1-4-33-25-12-6-5-11-23(25)29-26(28(33)35)32-14-8-10-22(19-32)27(34)31-17-15-30(16-18-31)24-13-7-9-20(2)21(24)3/h5-7,9,11-13,22H,4,8,10,14-19H2,1-3H3/t22-/m1/s1. The Morgan fingerprint density at radius 1 is 0.971 bits per heavy atom. The highest BCUT2D eigenvalue weighted by Crippen LogP contribution is 2.26. The molecule has 7 heteroatoms. The molecule has 3 aromatic rings. The maximum Gasteiger partial charge on any atom is 0.293 e. The van der Waals surface area contributed by atoms with Crippen LogP contribution in [0, 0.1) is 19.8 Å². The first-order valence-corrected chi connectivity index (χ1v) is 12.8. The average molecular weight is 474 g/mol. The number of para-hydroxylation sites is 2. The molecule has 2 fully saturated rings. The van der Waals surface area contributed by atoms with Crippen LogP contribution in [0.2, 0.25) is 0 Å². The second kappa shape index (κ2) is 9.72. The van der Waals surface area contributed by atoms with E-state index < -0.39 is 0 Å². The Kier molecular flexibility index (Phi) is 6.50. The Morgan fingerprint density at radius 2 is 1.74 bits per heavy atom. The number of aryl methyl sites for hydroxylation is 2. The molecule has 184 valence electrons. The fourth-order valence-corrected chi connectivity index (χ4v) is 5.57. The lowest BCUT2D eigenvalue weighted by molar-refractivity contribution is -0.136. The molecule has 0 spiro atoms. The minimum absolute atomic E-state index is 0.0681. The third-order valence-electron chi connectivity index (χ3n) is 7.73. The molecule has 0 bridgehead atoms. The lowest BCUT2D eigenvalue weighted by atomic mass is 9.96. The molecule has 5 rings (SSSR count). The summed E-state index contributed by atoms with van der Waals surface area (Å²) in [5.74, 6) is 0.591. The molecule has 0 N–H and O–H groups in total. The van der Waals surface area contributed by atoms with E-state index in [0.29, 0.717) is 18.9 Å². The molecule has 2 aromatic carbocycles. The third kappa shape index (κ3) is 4.40. The van der Waals surface area contributed by atoms with Crippen LogP contribution in [-0.4, -0.2) is 59.6 Å². The van der Waals surface area contributed by atoms with Crippen LogP contribution in [0.1, 0.15) is 30.9 Å². The molecule has 0 unspecified atom stereocenters. The smallest absolute Gasteiger partial charge is 0.293 e. The quantitative estimate of drug-likeness (QED) is 0.580. The van der Waals surface area contributed by atoms with E-state index in [1.54, 1.807) is 4.57 Å². The molecule has 2 saturated heterocycles. The van der Waals surface area contributed by atoms with Crippen LogP contribution in [0.4, 0.5) is 11.5 Å². The van der Waals surface area contributed by atoms with E-state index in [9.17, 15) is 9.59 Å². The summed E-state index contributed by atoms with van der Waals surface area (Å²) in [6.07, 6.45) is 1.75. The molecular weight excluding hydrogens is 438 g/mol. The number of amides is 1. The summed E-state index contributed by atoms with van der Waals surface area (Å²) in [4.78, 5) is 38.0. The van der Waals surface area contributed by atoms with E-state index in [-0.39, 0.29) is 17.4 Å². The van der Waals surface area contributed by atoms with Crippen molar-refractivity contribution in [1.29, 1.82) is 0 Å². The van der Waals surface area contributed by atoms with Gasteiger partial charge in [0.15, 0.2) is 5.82 Å². The molecule has 3 heterocycles. The van der Waals surface area contributed by atoms with Gasteiger partial charge in [-0.3, -0.25) is 9.59 Å². The van der Waals surface area contributed by atoms with Gasteiger partial charge < -0.3 is 19.3 Å². The summed E-state index contributed by atoms with van der Waals surface area (Å²) in [5.41, 5.74) is 5.50. The Balaban J connectivity index is 1.29. The van der Waals surface area contributed by atoms with Crippen LogP contribution in [0.15, 0.2) is 47.3 Å². The van der Waals surface area contributed by atoms with Crippen molar-refractivity contribution in [3.63, 3.8) is 0 Å². The number of piperazine rings is 1. The van der Waals surface area contributed by atoms with E-state index >= 15 is 0 Å². The van der Waals surface area contributed by atoms with Gasteiger partial charge in [0, 0.05) is 51.5 Å². The van der Waals surface area contributed by atoms with E-state index in [1.165, 1.54) is 16.8 Å². The predicted molar refractivity (Wildman–Crippen MR) is 141 cm³/mol. The van der Waals surface area contributed by atoms with Crippen molar-refractivity contribution in [2.45, 2.75) is 40.2 Å². The van der Waals surface area contributed by atoms with Crippen LogP contribution < -0.4 is 15.4 Å². The highest BCUT2D eigenvalue weighted by molar-refractivity contribution is 5.80. The number of carbonyl (C=O) groups is 1. The molecule has 1 aromatic heterocycles. The van der Waals surface area contributed by atoms with Gasteiger partial charge in [0.2, 0.25) is 5.91 Å². The Labute approximate surface area is 207 Å². The number of nitrogens with zero attached hydrogens (tertiary/aromatic N) is 5. The SMILES string of the molecule is CCn1c(=O)c(N2CCC[C@@H](C(=O)N3CCN(c4cccc(C)c4C)CC3)C2)nc2ccccc21. The zero-order chi connectivity index (χ0) is 24.5. The topological polar surface area (TPSA) is 61.7 Å². The number of carbonyl (C=O) groups excluding carboxylic acids is 1. The number of hydrogen-bond acceptors (Lipinski definition) is 5. The number of aromatic nitrogens is 2. The number of benzene rings is 2. The van der Waals surface area contributed by atoms with E-state index in [2.05, 4.69) is 36.9 Å². The van der Waals surface area contributed by atoms with Gasteiger partial charge >= 0.3 is 0 Å². The largest absolute Gasteiger partial charge is 0.368 e. The molecule has 0 saturated carbocycles. The summed E-state index contributed by atoms with van der Waals surface area (Å²) in [5, 5.41) is 0. The molecule has 7 nitrogen and oxygen atoms in total. The Hall–Kier alpha value is -3.35. The number of anilines is 2. The number of fused-ring (bicyclic) bond motifs is 1. The van der Waals surface area contributed by atoms with Gasteiger partial charge in [-0.2, -0.15) is 0 Å². The Bertz CT molecular complexity index is 1290. The lowest BCUT2D eigenvalue weighted by Gasteiger charge is -2.40. The highest BCUT2D eigenvalue weighted by atomic mass is 16.2. The number of hydrogen-bond donors (Lipinski definition) is 0. The van der Waals surface area contributed by atoms with Crippen molar-refractivity contribution >= 4 is 28.4 Å². The molecular formula is C28H35N5O2. The lowest BCUT2D eigenvalue weighted by Crippen LogP contribution is -2.53. The molecule has 2 aliphatic heterocycles. The molecule has 0 radical (unpaired) electrons. The van der Waals surface area contributed by atoms with Crippen molar-refractivity contribution < 1.29 is 4.79 Å². The minimum atomic E-state index is -0.0984. The second-order valence-corrected chi connectivity index (χ2v) is 9.79. The monoisotopic (exact) mass is 473 g/mol. The Morgan fingerprint density at radius 3 is 2.51 bits per heavy atom. The van der Waals surface area contributed by atoms with E-state index in [4.69, 9.17) is 4.98 Å². The molecule has 35 heavy (non-hydrogen) atoms. The third-order valence-corrected chi connectivity index (χ3v) is 7.73. The predicted octanol–water partition coefficient (Wildman–Crippen LogP) is 3.60. The number of piperidine rings is 1. The van der Waals surface area contributed by atoms with Crippen LogP contribution >= 0.6 is 0 Å². The molecule has 2 aliphatic rings. The summed E-state index contributed by atoms with van der Waals surface area (Å²) in [7, 11) is 0. The van der Waals surface area contributed by atoms with Crippen molar-refractivity contribution in [3.05, 3.63) is 63.9 Å². The average Bonchev–Trinajstić information content (AvgIpc) is 2.90. The van der Waals surface area contributed by atoms with Crippen molar-refractivity contribution in [1.82, 2.24) is 14.5 Å². The van der Waals surface area contributed by atoms with Gasteiger partial charge in [-0.25, -0.2) is 4.98 Å². The molecule has 0 aliphatic carbocycles. The summed E-state index contributed by atoms with van der Waals surface area (Å²) in [6, 6.07) is 14.2. The molecule has 1 amide bonds. The zero-order valence-electron chi connectivity index (χ0n) is 21.0. The van der Waals surface area contributed by atoms with Crippen LogP contribution in [0.5, 0.6) is 0 Å². The summed E-state index contributed by atoms with van der Waals surface area (Å²) >= 11 is 0. The minimum Gasteiger partial charge on any atom is -0.368 e. The van der Waals surface area contributed by atoms with Gasteiger partial charge in [-0.1, -0.05) is 24.3 Å². The van der Waals surface area contributed by atoms with Gasteiger partial charge in [-0.05, 0) is 62.9 Å². The van der Waals surface area contributed by atoms with Gasteiger partial charge in [-0.15, -0.1) is 0 Å². The number of rotatable bonds is 4.